The van der Waals surface area contributed by atoms with Crippen molar-refractivity contribution >= 4 is 22.3 Å². The van der Waals surface area contributed by atoms with Gasteiger partial charge in [0.1, 0.15) is 0 Å². The van der Waals surface area contributed by atoms with Crippen molar-refractivity contribution in [3.05, 3.63) is 60.0 Å². The van der Waals surface area contributed by atoms with Gasteiger partial charge in [0.15, 0.2) is 0 Å². The lowest BCUT2D eigenvalue weighted by Crippen LogP contribution is -2.17. The summed E-state index contributed by atoms with van der Waals surface area (Å²) in [6, 6.07) is 13.9. The first kappa shape index (κ1) is 13.4. The molecular formula is C17H18N4. The molecule has 21 heavy (non-hydrogen) atoms. The summed E-state index contributed by atoms with van der Waals surface area (Å²) in [6.45, 7) is 2.76. The average Bonchev–Trinajstić information content (AvgIpc) is 2.46. The van der Waals surface area contributed by atoms with E-state index in [1.54, 1.807) is 0 Å². The van der Waals surface area contributed by atoms with Gasteiger partial charge in [-0.05, 0) is 43.3 Å². The Morgan fingerprint density at radius 1 is 1.14 bits per heavy atom. The van der Waals surface area contributed by atoms with Gasteiger partial charge in [-0.15, -0.1) is 0 Å². The molecule has 0 saturated carbocycles. The van der Waals surface area contributed by atoms with Gasteiger partial charge in [-0.25, -0.2) is 0 Å². The number of benzene rings is 1. The van der Waals surface area contributed by atoms with Gasteiger partial charge in [-0.1, -0.05) is 6.07 Å². The summed E-state index contributed by atoms with van der Waals surface area (Å²) in [5.74, 6) is 0. The summed E-state index contributed by atoms with van der Waals surface area (Å²) in [6.07, 6.45) is 1.82. The van der Waals surface area contributed by atoms with Crippen molar-refractivity contribution in [3.63, 3.8) is 0 Å². The quantitative estimate of drug-likeness (QED) is 0.748. The SMILES string of the molecule is Cc1cccc(CN(C)c2ccnc3cc(N)ccc23)n1. The van der Waals surface area contributed by atoms with E-state index in [0.717, 1.165) is 40.2 Å². The van der Waals surface area contributed by atoms with Gasteiger partial charge in [0.25, 0.3) is 0 Å². The third-order valence-corrected chi connectivity index (χ3v) is 3.50. The molecule has 2 heterocycles. The number of aromatic nitrogens is 2. The van der Waals surface area contributed by atoms with Crippen LogP contribution in [-0.4, -0.2) is 17.0 Å². The molecule has 4 heteroatoms. The molecule has 0 spiro atoms. The summed E-state index contributed by atoms with van der Waals surface area (Å²) in [5.41, 5.74) is 10.7. The Kier molecular flexibility index (Phi) is 3.44. The van der Waals surface area contributed by atoms with Crippen molar-refractivity contribution in [2.45, 2.75) is 13.5 Å². The number of nitrogens with two attached hydrogens (primary N) is 1. The Labute approximate surface area is 124 Å². The lowest BCUT2D eigenvalue weighted by Gasteiger charge is -2.20. The number of hydrogen-bond donors (Lipinski definition) is 1. The van der Waals surface area contributed by atoms with Crippen LogP contribution in [0.2, 0.25) is 0 Å². The van der Waals surface area contributed by atoms with Crippen molar-refractivity contribution in [2.24, 2.45) is 0 Å². The number of anilines is 2. The highest BCUT2D eigenvalue weighted by molar-refractivity contribution is 5.93. The van der Waals surface area contributed by atoms with Gasteiger partial charge in [0, 0.05) is 35.7 Å². The fourth-order valence-electron chi connectivity index (χ4n) is 2.50. The van der Waals surface area contributed by atoms with Gasteiger partial charge in [0.2, 0.25) is 0 Å². The molecule has 1 aromatic carbocycles. The largest absolute Gasteiger partial charge is 0.399 e. The van der Waals surface area contributed by atoms with E-state index in [2.05, 4.69) is 21.9 Å². The van der Waals surface area contributed by atoms with Gasteiger partial charge in [0.05, 0.1) is 17.8 Å². The summed E-state index contributed by atoms with van der Waals surface area (Å²) in [5, 5.41) is 1.10. The predicted molar refractivity (Wildman–Crippen MR) is 87.2 cm³/mol. The minimum Gasteiger partial charge on any atom is -0.399 e. The summed E-state index contributed by atoms with van der Waals surface area (Å²) >= 11 is 0. The van der Waals surface area contributed by atoms with E-state index in [9.17, 15) is 0 Å². The minimum atomic E-state index is 0.732. The number of fused-ring (bicyclic) bond motifs is 1. The lowest BCUT2D eigenvalue weighted by atomic mass is 10.1. The molecule has 0 amide bonds. The van der Waals surface area contributed by atoms with E-state index in [-0.39, 0.29) is 0 Å². The average molecular weight is 278 g/mol. The highest BCUT2D eigenvalue weighted by Gasteiger charge is 2.08. The number of aryl methyl sites for hydroxylation is 1. The van der Waals surface area contributed by atoms with Crippen molar-refractivity contribution in [1.82, 2.24) is 9.97 Å². The van der Waals surface area contributed by atoms with Crippen LogP contribution in [0, 0.1) is 6.92 Å². The van der Waals surface area contributed by atoms with Crippen LogP contribution in [0.4, 0.5) is 11.4 Å². The number of nitrogen functional groups attached to an aromatic ring is 1. The third-order valence-electron chi connectivity index (χ3n) is 3.50. The first-order chi connectivity index (χ1) is 10.1. The highest BCUT2D eigenvalue weighted by Crippen LogP contribution is 2.26. The van der Waals surface area contributed by atoms with Crippen LogP contribution in [-0.2, 0) is 6.54 Å². The predicted octanol–water partition coefficient (Wildman–Crippen LogP) is 3.16. The van der Waals surface area contributed by atoms with Crippen LogP contribution < -0.4 is 10.6 Å². The van der Waals surface area contributed by atoms with E-state index >= 15 is 0 Å². The van der Waals surface area contributed by atoms with Crippen molar-refractivity contribution in [3.8, 4) is 0 Å². The standard InChI is InChI=1S/C17H18N4/c1-12-4-3-5-14(20-12)11-21(2)17-8-9-19-16-10-13(18)6-7-15(16)17/h3-10H,11,18H2,1-2H3. The maximum atomic E-state index is 5.83. The zero-order valence-corrected chi connectivity index (χ0v) is 12.2. The maximum Gasteiger partial charge on any atom is 0.0743 e. The van der Waals surface area contributed by atoms with E-state index < -0.39 is 0 Å². The van der Waals surface area contributed by atoms with Gasteiger partial charge < -0.3 is 10.6 Å². The summed E-state index contributed by atoms with van der Waals surface area (Å²) in [4.78, 5) is 11.1. The second kappa shape index (κ2) is 5.40. The monoisotopic (exact) mass is 278 g/mol. The zero-order chi connectivity index (χ0) is 14.8. The van der Waals surface area contributed by atoms with E-state index in [4.69, 9.17) is 5.73 Å². The Morgan fingerprint density at radius 3 is 2.81 bits per heavy atom. The lowest BCUT2D eigenvalue weighted by molar-refractivity contribution is 0.880. The molecule has 0 unspecified atom stereocenters. The molecule has 0 bridgehead atoms. The van der Waals surface area contributed by atoms with Gasteiger partial charge in [-0.3, -0.25) is 9.97 Å². The topological polar surface area (TPSA) is 55.0 Å². The van der Waals surface area contributed by atoms with E-state index in [0.29, 0.717) is 0 Å². The third kappa shape index (κ3) is 2.79. The molecule has 0 aliphatic heterocycles. The number of rotatable bonds is 3. The van der Waals surface area contributed by atoms with Crippen molar-refractivity contribution in [1.29, 1.82) is 0 Å². The second-order valence-corrected chi connectivity index (χ2v) is 5.23. The molecule has 106 valence electrons. The van der Waals surface area contributed by atoms with Crippen LogP contribution in [0.1, 0.15) is 11.4 Å². The number of hydrogen-bond acceptors (Lipinski definition) is 4. The molecule has 0 saturated heterocycles. The van der Waals surface area contributed by atoms with Crippen LogP contribution >= 0.6 is 0 Å². The molecule has 0 fully saturated rings. The van der Waals surface area contributed by atoms with Crippen LogP contribution in [0.25, 0.3) is 10.9 Å². The molecule has 0 aliphatic rings. The Bertz CT molecular complexity index is 783. The van der Waals surface area contributed by atoms with Gasteiger partial charge in [-0.2, -0.15) is 0 Å². The number of pyridine rings is 2. The van der Waals surface area contributed by atoms with E-state index in [1.807, 2.05) is 55.6 Å². The molecule has 0 atom stereocenters. The second-order valence-electron chi connectivity index (χ2n) is 5.23. The fourth-order valence-corrected chi connectivity index (χ4v) is 2.50. The number of nitrogens with zero attached hydrogens (tertiary/aromatic N) is 3. The van der Waals surface area contributed by atoms with Crippen LogP contribution in [0.15, 0.2) is 48.7 Å². The molecule has 2 N–H and O–H groups in total. The van der Waals surface area contributed by atoms with Crippen LogP contribution in [0.5, 0.6) is 0 Å². The minimum absolute atomic E-state index is 0.732. The normalized spacial score (nSPS) is 10.8. The molecule has 3 aromatic rings. The van der Waals surface area contributed by atoms with Crippen LogP contribution in [0.3, 0.4) is 0 Å². The van der Waals surface area contributed by atoms with Crippen molar-refractivity contribution < 1.29 is 0 Å². The fraction of sp³-hybridized carbons (Fsp3) is 0.176. The zero-order valence-electron chi connectivity index (χ0n) is 12.2. The first-order valence-electron chi connectivity index (χ1n) is 6.91. The molecule has 3 rings (SSSR count). The Morgan fingerprint density at radius 2 is 2.00 bits per heavy atom. The smallest absolute Gasteiger partial charge is 0.0743 e. The first-order valence-corrected chi connectivity index (χ1v) is 6.91. The molecule has 4 nitrogen and oxygen atoms in total. The van der Waals surface area contributed by atoms with Crippen molar-refractivity contribution in [2.75, 3.05) is 17.7 Å². The Hall–Kier alpha value is -2.62. The summed E-state index contributed by atoms with van der Waals surface area (Å²) < 4.78 is 0. The highest BCUT2D eigenvalue weighted by atomic mass is 15.1. The molecule has 0 radical (unpaired) electrons. The maximum absolute atomic E-state index is 5.83. The molecule has 2 aromatic heterocycles. The van der Waals surface area contributed by atoms with Gasteiger partial charge >= 0.3 is 0 Å². The van der Waals surface area contributed by atoms with E-state index in [1.165, 1.54) is 0 Å². The Balaban J connectivity index is 1.96. The summed E-state index contributed by atoms with van der Waals surface area (Å²) in [7, 11) is 2.06. The molecule has 0 aliphatic carbocycles. The molecular weight excluding hydrogens is 260 g/mol.